The van der Waals surface area contributed by atoms with Gasteiger partial charge in [-0.15, -0.1) is 0 Å². The Morgan fingerprint density at radius 3 is 2.26 bits per heavy atom. The van der Waals surface area contributed by atoms with Crippen LogP contribution in [0.15, 0.2) is 17.7 Å². The number of rotatable bonds is 1. The van der Waals surface area contributed by atoms with E-state index in [1.807, 2.05) is 20.8 Å². The number of halogens is 4. The Labute approximate surface area is 179 Å². The van der Waals surface area contributed by atoms with Gasteiger partial charge in [-0.3, -0.25) is 0 Å². The van der Waals surface area contributed by atoms with Crippen LogP contribution >= 0.6 is 11.6 Å². The third kappa shape index (κ3) is 4.52. The van der Waals surface area contributed by atoms with Crippen molar-refractivity contribution in [2.75, 3.05) is 0 Å². The number of carbonyl (C=O) groups is 1. The molecule has 0 bridgehead atoms. The van der Waals surface area contributed by atoms with Crippen LogP contribution in [0.25, 0.3) is 6.08 Å². The van der Waals surface area contributed by atoms with Crippen LogP contribution in [0.5, 0.6) is 5.75 Å². The van der Waals surface area contributed by atoms with Crippen molar-refractivity contribution in [2.45, 2.75) is 38.5 Å². The Hall–Kier alpha value is -0.0536. The van der Waals surface area contributed by atoms with Crippen molar-refractivity contribution in [3.05, 3.63) is 33.9 Å². The molecule has 0 saturated heterocycles. The Kier molecular flexibility index (Phi) is 6.44. The van der Waals surface area contributed by atoms with Gasteiger partial charge in [0.15, 0.2) is 0 Å². The van der Waals surface area contributed by atoms with Crippen LogP contribution in [0.4, 0.5) is 13.2 Å². The Morgan fingerprint density at radius 1 is 1.26 bits per heavy atom. The number of carboxylic acids is 1. The molecule has 3 nitrogen and oxygen atoms in total. The van der Waals surface area contributed by atoms with E-state index >= 15 is 0 Å². The Morgan fingerprint density at radius 2 is 1.83 bits per heavy atom. The molecule has 0 radical (unpaired) electrons. The van der Waals surface area contributed by atoms with Crippen molar-refractivity contribution in [3.63, 3.8) is 0 Å². The molecule has 0 aliphatic carbocycles. The molecule has 1 aromatic rings. The molecule has 1 unspecified atom stereocenters. The first-order valence-corrected chi connectivity index (χ1v) is 6.81. The molecule has 1 aliphatic rings. The number of carboxylic acid groups (broad SMARTS) is 1. The molecule has 1 aromatic carbocycles. The fraction of sp³-hybridized carbons (Fsp3) is 0.400. The van der Waals surface area contributed by atoms with E-state index in [0.29, 0.717) is 10.6 Å². The second kappa shape index (κ2) is 7.05. The predicted molar refractivity (Wildman–Crippen MR) is 83.4 cm³/mol. The van der Waals surface area contributed by atoms with E-state index in [4.69, 9.17) is 21.4 Å². The number of hydrogen-bond acceptors (Lipinski definition) is 2. The van der Waals surface area contributed by atoms with Gasteiger partial charge in [0.05, 0.1) is 5.57 Å². The van der Waals surface area contributed by atoms with Gasteiger partial charge in [-0.25, -0.2) is 4.79 Å². The van der Waals surface area contributed by atoms with Crippen LogP contribution in [0, 0.1) is 0 Å². The molecule has 2 rings (SSSR count). The maximum absolute atomic E-state index is 13.0. The number of aliphatic carboxylic acids is 1. The summed E-state index contributed by atoms with van der Waals surface area (Å²) in [6, 6.07) is 2.86. The summed E-state index contributed by atoms with van der Waals surface area (Å²) in [4.78, 5) is 11.1. The number of benzene rings is 1. The summed E-state index contributed by atoms with van der Waals surface area (Å²) < 4.78 is 43.9. The number of alkyl halides is 3. The molecule has 8 heteroatoms. The third-order valence-corrected chi connectivity index (χ3v) is 3.60. The molecule has 0 spiro atoms. The van der Waals surface area contributed by atoms with Crippen LogP contribution in [0.2, 0.25) is 5.02 Å². The molecule has 1 N–H and O–H groups in total. The second-order valence-corrected chi connectivity index (χ2v) is 6.47. The molecule has 23 heavy (non-hydrogen) atoms. The quantitative estimate of drug-likeness (QED) is 0.761. The van der Waals surface area contributed by atoms with E-state index in [1.54, 1.807) is 0 Å². The molecule has 1 atom stereocenters. The van der Waals surface area contributed by atoms with E-state index in [0.717, 1.165) is 6.08 Å². The number of ether oxygens (including phenoxy) is 1. The zero-order valence-corrected chi connectivity index (χ0v) is 12.8. The van der Waals surface area contributed by atoms with Crippen LogP contribution in [-0.2, 0) is 10.2 Å². The minimum atomic E-state index is -4.82. The fourth-order valence-electron chi connectivity index (χ4n) is 2.21. The molecule has 0 amide bonds. The second-order valence-electron chi connectivity index (χ2n) is 6.06. The van der Waals surface area contributed by atoms with Gasteiger partial charge in [-0.2, -0.15) is 13.2 Å². The summed E-state index contributed by atoms with van der Waals surface area (Å²) in [6.07, 6.45) is -6.35. The van der Waals surface area contributed by atoms with Gasteiger partial charge in [0.1, 0.15) is 5.75 Å². The van der Waals surface area contributed by atoms with Crippen LogP contribution < -0.4 is 4.74 Å². The molecule has 0 saturated carbocycles. The van der Waals surface area contributed by atoms with Crippen molar-refractivity contribution in [1.29, 1.82) is 0 Å². The van der Waals surface area contributed by atoms with Crippen LogP contribution in [0.3, 0.4) is 0 Å². The average molecular weight is 375 g/mol. The van der Waals surface area contributed by atoms with Gasteiger partial charge in [0.2, 0.25) is 6.10 Å². The Bertz CT molecular complexity index is 663. The molecule has 1 aliphatic heterocycles. The summed E-state index contributed by atoms with van der Waals surface area (Å²) in [7, 11) is 0. The zero-order chi connectivity index (χ0) is 16.9. The normalized spacial score (nSPS) is 17.5. The van der Waals surface area contributed by atoms with Gasteiger partial charge >= 0.3 is 63.5 Å². The standard InChI is InChI=1S/C15H14ClF3O3.K.H/c1-14(2,3)9-6-11-7(5-10(9)16)4-8(13(20)21)12(22-11)15(17,18)19;;/h4-6,12H,1-3H3,(H,20,21);;. The van der Waals surface area contributed by atoms with Gasteiger partial charge in [-0.1, -0.05) is 32.4 Å². The van der Waals surface area contributed by atoms with E-state index in [-0.39, 0.29) is 68.1 Å². The van der Waals surface area contributed by atoms with Gasteiger partial charge in [0.25, 0.3) is 0 Å². The van der Waals surface area contributed by atoms with Gasteiger partial charge in [0, 0.05) is 10.6 Å². The van der Waals surface area contributed by atoms with Crippen molar-refractivity contribution >= 4 is 75.0 Å². The molecular formula is C15H15ClF3KO3. The summed E-state index contributed by atoms with van der Waals surface area (Å²) in [5.41, 5.74) is -0.406. The van der Waals surface area contributed by atoms with E-state index in [9.17, 15) is 18.0 Å². The summed E-state index contributed by atoms with van der Waals surface area (Å²) in [5.74, 6) is -1.70. The zero-order valence-electron chi connectivity index (χ0n) is 12.1. The van der Waals surface area contributed by atoms with E-state index in [2.05, 4.69) is 0 Å². The predicted octanol–water partition coefficient (Wildman–Crippen LogP) is 3.78. The van der Waals surface area contributed by atoms with Crippen molar-refractivity contribution in [1.82, 2.24) is 0 Å². The monoisotopic (exact) mass is 374 g/mol. The average Bonchev–Trinajstić information content (AvgIpc) is 2.33. The van der Waals surface area contributed by atoms with Gasteiger partial charge < -0.3 is 9.84 Å². The first-order valence-electron chi connectivity index (χ1n) is 6.43. The van der Waals surface area contributed by atoms with E-state index < -0.39 is 23.8 Å². The fourth-order valence-corrected chi connectivity index (χ4v) is 2.66. The van der Waals surface area contributed by atoms with Crippen molar-refractivity contribution in [3.8, 4) is 5.75 Å². The molecule has 0 aromatic heterocycles. The topological polar surface area (TPSA) is 46.5 Å². The summed E-state index contributed by atoms with van der Waals surface area (Å²) in [6.45, 7) is 5.59. The molecular weight excluding hydrogens is 360 g/mol. The summed E-state index contributed by atoms with van der Waals surface area (Å²) >= 11 is 6.14. The summed E-state index contributed by atoms with van der Waals surface area (Å²) in [5, 5.41) is 9.32. The van der Waals surface area contributed by atoms with Crippen LogP contribution in [0.1, 0.15) is 31.9 Å². The van der Waals surface area contributed by atoms with Gasteiger partial charge in [-0.05, 0) is 29.2 Å². The van der Waals surface area contributed by atoms with Crippen LogP contribution in [-0.4, -0.2) is 74.7 Å². The maximum atomic E-state index is 13.0. The number of fused-ring (bicyclic) bond motifs is 1. The number of hydrogen-bond donors (Lipinski definition) is 1. The van der Waals surface area contributed by atoms with Crippen molar-refractivity contribution in [2.24, 2.45) is 0 Å². The van der Waals surface area contributed by atoms with E-state index in [1.165, 1.54) is 12.1 Å². The third-order valence-electron chi connectivity index (χ3n) is 3.29. The molecule has 122 valence electrons. The first kappa shape index (κ1) is 21.0. The molecule has 1 heterocycles. The molecule has 0 fully saturated rings. The minimum absolute atomic E-state index is 0. The SMILES string of the molecule is CC(C)(C)c1cc2c(cc1Cl)C=C(C(=O)O)C(C(F)(F)F)O2.[KH]. The Balaban J connectivity index is 0.00000264. The van der Waals surface area contributed by atoms with Crippen molar-refractivity contribution < 1.29 is 27.8 Å². The first-order chi connectivity index (χ1) is 9.91.